The van der Waals surface area contributed by atoms with E-state index in [-0.39, 0.29) is 30.2 Å². The largest absolute Gasteiger partial charge is 0.508 e. The second-order valence-electron chi connectivity index (χ2n) is 8.41. The molecule has 2 heterocycles. The van der Waals surface area contributed by atoms with E-state index in [1.165, 1.54) is 39.9 Å². The number of amides is 4. The number of nitrogens with one attached hydrogen (secondary N) is 2. The third-order valence-electron chi connectivity index (χ3n) is 6.32. The van der Waals surface area contributed by atoms with E-state index >= 15 is 0 Å². The Hall–Kier alpha value is -4.08. The molecule has 1 aromatic heterocycles. The molecule has 33 heavy (non-hydrogen) atoms. The molecule has 1 saturated heterocycles. The molecule has 2 aliphatic rings. The van der Waals surface area contributed by atoms with Crippen molar-refractivity contribution < 1.29 is 23.9 Å². The van der Waals surface area contributed by atoms with Crippen molar-refractivity contribution in [2.45, 2.75) is 31.5 Å². The molecule has 9 nitrogen and oxygen atoms in total. The minimum Gasteiger partial charge on any atom is -0.508 e. The third kappa shape index (κ3) is 3.73. The normalized spacial score (nSPS) is 21.0. The van der Waals surface area contributed by atoms with Gasteiger partial charge in [-0.05, 0) is 43.0 Å². The molecule has 0 bridgehead atoms. The zero-order valence-corrected chi connectivity index (χ0v) is 17.5. The van der Waals surface area contributed by atoms with E-state index in [9.17, 15) is 23.9 Å². The lowest BCUT2D eigenvalue weighted by Crippen LogP contribution is -2.49. The first-order valence-corrected chi connectivity index (χ1v) is 10.6. The number of nitrogens with zero attached hydrogens (tertiary/aromatic N) is 2. The number of halogens is 1. The number of aromatic hydroxyl groups is 1. The molecule has 2 aromatic carbocycles. The molecule has 3 aromatic rings. The number of urea groups is 1. The van der Waals surface area contributed by atoms with Crippen molar-refractivity contribution in [3.05, 3.63) is 60.0 Å². The monoisotopic (exact) mass is 451 g/mol. The number of carbonyl (C=O) groups excluding carboxylic acids is 3. The number of rotatable bonds is 4. The van der Waals surface area contributed by atoms with E-state index in [1.807, 2.05) is 0 Å². The van der Waals surface area contributed by atoms with E-state index in [1.54, 1.807) is 18.2 Å². The summed E-state index contributed by atoms with van der Waals surface area (Å²) in [5.74, 6) is -0.543. The molecule has 5 rings (SSSR count). The predicted molar refractivity (Wildman–Crippen MR) is 118 cm³/mol. The molecule has 10 heteroatoms. The summed E-state index contributed by atoms with van der Waals surface area (Å²) in [6, 6.07) is 8.59. The lowest BCUT2D eigenvalue weighted by Gasteiger charge is -2.27. The highest BCUT2D eigenvalue weighted by Crippen LogP contribution is 2.48. The van der Waals surface area contributed by atoms with Crippen molar-refractivity contribution >= 4 is 34.6 Å². The molecule has 0 unspecified atom stereocenters. The smallest absolute Gasteiger partial charge is 0.323 e. The van der Waals surface area contributed by atoms with Gasteiger partial charge < -0.3 is 26.4 Å². The molecular formula is C23H22FN5O4. The summed E-state index contributed by atoms with van der Waals surface area (Å²) in [5.41, 5.74) is 6.51. The Morgan fingerprint density at radius 2 is 1.94 bits per heavy atom. The standard InChI is InChI=1S/C23H22FN5O4/c24-16-4-2-1-3-12(16)10-26-21(31)20-8-13-7-19(13)29(20)23(33)27-17-11-28(22(25)32)18-6-5-14(30)9-15(17)18/h1-6,9,11,13,19-20,30H,7-8,10H2,(H2,25,32)(H,26,31)(H,27,33)/t13-,19-,20+/m1/s1. The van der Waals surface area contributed by atoms with Crippen LogP contribution < -0.4 is 16.4 Å². The number of aromatic nitrogens is 1. The van der Waals surface area contributed by atoms with E-state index in [2.05, 4.69) is 10.6 Å². The fourth-order valence-corrected chi connectivity index (χ4v) is 4.60. The highest BCUT2D eigenvalue weighted by atomic mass is 19.1. The summed E-state index contributed by atoms with van der Waals surface area (Å²) in [6.45, 7) is 0.0260. The lowest BCUT2D eigenvalue weighted by molar-refractivity contribution is -0.125. The number of hydrogen-bond acceptors (Lipinski definition) is 4. The SMILES string of the molecule is NC(=O)n1cc(NC(=O)N2[C@@H]3C[C@@H]3C[C@H]2C(=O)NCc2ccccc2F)c2cc(O)ccc21. The zero-order valence-electron chi connectivity index (χ0n) is 17.5. The average molecular weight is 451 g/mol. The van der Waals surface area contributed by atoms with Crippen molar-refractivity contribution in [2.75, 3.05) is 5.32 Å². The summed E-state index contributed by atoms with van der Waals surface area (Å²) in [5, 5.41) is 15.8. The van der Waals surface area contributed by atoms with Crippen LogP contribution in [-0.4, -0.2) is 44.6 Å². The maximum Gasteiger partial charge on any atom is 0.323 e. The van der Waals surface area contributed by atoms with Crippen LogP contribution >= 0.6 is 0 Å². The van der Waals surface area contributed by atoms with Crippen molar-refractivity contribution in [1.82, 2.24) is 14.8 Å². The van der Waals surface area contributed by atoms with E-state index in [4.69, 9.17) is 5.73 Å². The van der Waals surface area contributed by atoms with Gasteiger partial charge in [0.15, 0.2) is 0 Å². The van der Waals surface area contributed by atoms with Crippen molar-refractivity contribution in [3.63, 3.8) is 0 Å². The second-order valence-corrected chi connectivity index (χ2v) is 8.41. The van der Waals surface area contributed by atoms with Crippen molar-refractivity contribution in [3.8, 4) is 5.75 Å². The molecule has 0 radical (unpaired) electrons. The van der Waals surface area contributed by atoms with Crippen LogP contribution in [0.4, 0.5) is 19.7 Å². The van der Waals surface area contributed by atoms with Gasteiger partial charge in [-0.3, -0.25) is 9.36 Å². The molecule has 4 amide bonds. The minimum atomic E-state index is -0.736. The highest BCUT2D eigenvalue weighted by Gasteiger charge is 2.56. The van der Waals surface area contributed by atoms with Gasteiger partial charge in [0, 0.05) is 29.7 Å². The maximum absolute atomic E-state index is 13.9. The number of phenolic OH excluding ortho intramolecular Hbond substituents is 1. The van der Waals surface area contributed by atoms with Crippen LogP contribution in [0.2, 0.25) is 0 Å². The number of primary amides is 1. The van der Waals surface area contributed by atoms with Gasteiger partial charge in [0.05, 0.1) is 11.2 Å². The summed E-state index contributed by atoms with van der Waals surface area (Å²) in [7, 11) is 0. The fraction of sp³-hybridized carbons (Fsp3) is 0.261. The van der Waals surface area contributed by atoms with Gasteiger partial charge in [-0.2, -0.15) is 0 Å². The Balaban J connectivity index is 1.35. The second kappa shape index (κ2) is 7.80. The number of likely N-dealkylation sites (tertiary alicyclic amines) is 1. The molecule has 1 aliphatic carbocycles. The molecule has 3 atom stereocenters. The molecule has 1 aliphatic heterocycles. The van der Waals surface area contributed by atoms with Gasteiger partial charge in [-0.15, -0.1) is 0 Å². The van der Waals surface area contributed by atoms with E-state index in [0.29, 0.717) is 28.6 Å². The van der Waals surface area contributed by atoms with Gasteiger partial charge in [0.2, 0.25) is 5.91 Å². The van der Waals surface area contributed by atoms with Crippen LogP contribution in [0.15, 0.2) is 48.7 Å². The molecule has 0 spiro atoms. The third-order valence-corrected chi connectivity index (χ3v) is 6.32. The number of carbonyl (C=O) groups is 3. The maximum atomic E-state index is 13.9. The molecule has 1 saturated carbocycles. The minimum absolute atomic E-state index is 0.0260. The molecular weight excluding hydrogens is 429 g/mol. The van der Waals surface area contributed by atoms with Crippen LogP contribution in [0.5, 0.6) is 5.75 Å². The van der Waals surface area contributed by atoms with E-state index < -0.39 is 23.9 Å². The van der Waals surface area contributed by atoms with Crippen molar-refractivity contribution in [1.29, 1.82) is 0 Å². The first kappa shape index (κ1) is 20.8. The van der Waals surface area contributed by atoms with Crippen LogP contribution in [0.3, 0.4) is 0 Å². The number of piperidine rings is 1. The number of nitrogens with two attached hydrogens (primary N) is 1. The lowest BCUT2D eigenvalue weighted by atomic mass is 10.1. The fourth-order valence-electron chi connectivity index (χ4n) is 4.60. The van der Waals surface area contributed by atoms with Gasteiger partial charge in [0.1, 0.15) is 17.6 Å². The topological polar surface area (TPSA) is 130 Å². The Morgan fingerprint density at radius 1 is 1.15 bits per heavy atom. The van der Waals surface area contributed by atoms with Gasteiger partial charge in [-0.25, -0.2) is 14.0 Å². The zero-order chi connectivity index (χ0) is 23.3. The number of hydrogen-bond donors (Lipinski definition) is 4. The van der Waals surface area contributed by atoms with Crippen LogP contribution in [0, 0.1) is 11.7 Å². The number of phenols is 1. The van der Waals surface area contributed by atoms with Gasteiger partial charge in [0.25, 0.3) is 0 Å². The van der Waals surface area contributed by atoms with Crippen LogP contribution in [0.25, 0.3) is 10.9 Å². The summed E-state index contributed by atoms with van der Waals surface area (Å²) >= 11 is 0. The Bertz CT molecular complexity index is 1290. The molecule has 170 valence electrons. The first-order valence-electron chi connectivity index (χ1n) is 10.6. The highest BCUT2D eigenvalue weighted by molar-refractivity contribution is 6.06. The Kier molecular flexibility index (Phi) is 4.92. The molecule has 2 fully saturated rings. The first-order chi connectivity index (χ1) is 15.8. The summed E-state index contributed by atoms with van der Waals surface area (Å²) < 4.78 is 15.0. The Labute approximate surface area is 188 Å². The predicted octanol–water partition coefficient (Wildman–Crippen LogP) is 2.72. The van der Waals surface area contributed by atoms with Crippen LogP contribution in [0.1, 0.15) is 18.4 Å². The quantitative estimate of drug-likeness (QED) is 0.486. The van der Waals surface area contributed by atoms with Gasteiger partial charge in [-0.1, -0.05) is 18.2 Å². The number of fused-ring (bicyclic) bond motifs is 2. The number of anilines is 1. The van der Waals surface area contributed by atoms with Crippen molar-refractivity contribution in [2.24, 2.45) is 11.7 Å². The molecule has 5 N–H and O–H groups in total. The van der Waals surface area contributed by atoms with Gasteiger partial charge >= 0.3 is 12.1 Å². The van der Waals surface area contributed by atoms with E-state index in [0.717, 1.165) is 6.42 Å². The summed E-state index contributed by atoms with van der Waals surface area (Å²) in [6.07, 6.45) is 2.73. The van der Waals surface area contributed by atoms with Crippen LogP contribution in [-0.2, 0) is 11.3 Å². The number of benzene rings is 2. The summed E-state index contributed by atoms with van der Waals surface area (Å²) in [4.78, 5) is 39.3. The Morgan fingerprint density at radius 3 is 2.70 bits per heavy atom. The average Bonchev–Trinajstić information content (AvgIpc) is 3.30.